The van der Waals surface area contributed by atoms with E-state index in [9.17, 15) is 14.4 Å². The zero-order valence-corrected chi connectivity index (χ0v) is 13.0. The number of hydrogen-bond acceptors (Lipinski definition) is 6. The van der Waals surface area contributed by atoms with Crippen molar-refractivity contribution in [1.82, 2.24) is 5.32 Å². The summed E-state index contributed by atoms with van der Waals surface area (Å²) in [5.74, 6) is -0.891. The fraction of sp³-hybridized carbons (Fsp3) is 0.267. The van der Waals surface area contributed by atoms with Crippen LogP contribution >= 0.6 is 11.6 Å². The molecule has 0 unspecified atom stereocenters. The molecule has 0 spiro atoms. The van der Waals surface area contributed by atoms with Gasteiger partial charge in [0.2, 0.25) is 0 Å². The molecule has 1 heterocycles. The van der Waals surface area contributed by atoms with Crippen molar-refractivity contribution in [3.8, 4) is 5.75 Å². The number of fused-ring (bicyclic) bond motifs is 1. The summed E-state index contributed by atoms with van der Waals surface area (Å²) in [5.41, 5.74) is 0.885. The van der Waals surface area contributed by atoms with E-state index < -0.39 is 24.6 Å². The number of amides is 2. The number of rotatable bonds is 4. The molecule has 2 amide bonds. The molecule has 0 aromatic heterocycles. The molecule has 0 saturated carbocycles. The van der Waals surface area contributed by atoms with Crippen molar-refractivity contribution in [2.45, 2.75) is 6.92 Å². The van der Waals surface area contributed by atoms with Crippen LogP contribution < -0.4 is 10.1 Å². The molecule has 1 aliphatic heterocycles. The first-order valence-corrected chi connectivity index (χ1v) is 7.14. The minimum absolute atomic E-state index is 0.0208. The summed E-state index contributed by atoms with van der Waals surface area (Å²) in [4.78, 5) is 34.3. The van der Waals surface area contributed by atoms with Crippen LogP contribution in [0.15, 0.2) is 23.8 Å². The molecule has 122 valence electrons. The molecule has 0 fully saturated rings. The fourth-order valence-corrected chi connectivity index (χ4v) is 1.99. The Balaban J connectivity index is 1.91. The Morgan fingerprint density at radius 3 is 2.83 bits per heavy atom. The first-order chi connectivity index (χ1) is 11.0. The van der Waals surface area contributed by atoms with Crippen LogP contribution in [-0.4, -0.2) is 37.8 Å². The van der Waals surface area contributed by atoms with Crippen LogP contribution in [-0.2, 0) is 19.1 Å². The second kappa shape index (κ2) is 7.64. The Morgan fingerprint density at radius 1 is 1.30 bits per heavy atom. The van der Waals surface area contributed by atoms with Crippen LogP contribution in [0.4, 0.5) is 4.79 Å². The maximum Gasteiger partial charge on any atom is 0.413 e. The zero-order valence-electron chi connectivity index (χ0n) is 12.3. The summed E-state index contributed by atoms with van der Waals surface area (Å²) >= 11 is 5.88. The molecule has 0 saturated heterocycles. The Labute approximate surface area is 137 Å². The lowest BCUT2D eigenvalue weighted by atomic mass is 10.1. The van der Waals surface area contributed by atoms with Gasteiger partial charge in [-0.1, -0.05) is 11.6 Å². The van der Waals surface area contributed by atoms with E-state index in [1.54, 1.807) is 31.2 Å². The number of carbonyl (C=O) groups is 3. The van der Waals surface area contributed by atoms with Gasteiger partial charge in [-0.15, -0.1) is 0 Å². The molecule has 2 rings (SSSR count). The smallest absolute Gasteiger partial charge is 0.413 e. The molecule has 0 radical (unpaired) electrons. The minimum Gasteiger partial charge on any atom is -0.488 e. The number of hydrogen-bond donors (Lipinski definition) is 1. The summed E-state index contributed by atoms with van der Waals surface area (Å²) in [7, 11) is 0. The number of halogens is 1. The van der Waals surface area contributed by atoms with Crippen molar-refractivity contribution in [1.29, 1.82) is 0 Å². The van der Waals surface area contributed by atoms with Gasteiger partial charge in [0.05, 0.1) is 12.2 Å². The summed E-state index contributed by atoms with van der Waals surface area (Å²) in [6, 6.07) is 5.02. The lowest BCUT2D eigenvalue weighted by Crippen LogP contribution is -2.35. The van der Waals surface area contributed by atoms with E-state index in [-0.39, 0.29) is 18.8 Å². The van der Waals surface area contributed by atoms with Crippen molar-refractivity contribution >= 4 is 35.6 Å². The number of benzene rings is 1. The van der Waals surface area contributed by atoms with E-state index >= 15 is 0 Å². The molecule has 0 atom stereocenters. The molecule has 7 nitrogen and oxygen atoms in total. The largest absolute Gasteiger partial charge is 0.488 e. The highest BCUT2D eigenvalue weighted by Crippen LogP contribution is 2.29. The van der Waals surface area contributed by atoms with Gasteiger partial charge in [-0.25, -0.2) is 9.59 Å². The van der Waals surface area contributed by atoms with Crippen LogP contribution in [0, 0.1) is 0 Å². The summed E-state index contributed by atoms with van der Waals surface area (Å²) in [6.07, 6.45) is 0.688. The van der Waals surface area contributed by atoms with Crippen molar-refractivity contribution in [2.75, 3.05) is 19.8 Å². The minimum atomic E-state index is -0.891. The Morgan fingerprint density at radius 2 is 2.09 bits per heavy atom. The molecule has 0 bridgehead atoms. The zero-order chi connectivity index (χ0) is 16.8. The highest BCUT2D eigenvalue weighted by molar-refractivity contribution is 6.30. The van der Waals surface area contributed by atoms with Crippen LogP contribution in [0.25, 0.3) is 6.08 Å². The van der Waals surface area contributed by atoms with Gasteiger partial charge < -0.3 is 14.2 Å². The van der Waals surface area contributed by atoms with Gasteiger partial charge in [0.25, 0.3) is 5.91 Å². The third kappa shape index (κ3) is 4.72. The number of alkyl carbamates (subject to hydrolysis) is 1. The van der Waals surface area contributed by atoms with Gasteiger partial charge in [-0.2, -0.15) is 0 Å². The predicted octanol–water partition coefficient (Wildman–Crippen LogP) is 1.93. The lowest BCUT2D eigenvalue weighted by molar-refractivity contribution is -0.144. The normalized spacial score (nSPS) is 12.3. The Kier molecular flexibility index (Phi) is 5.59. The van der Waals surface area contributed by atoms with Crippen molar-refractivity contribution in [3.05, 3.63) is 34.4 Å². The fourth-order valence-electron chi connectivity index (χ4n) is 1.81. The Bertz CT molecular complexity index is 670. The maximum atomic E-state index is 11.9. The van der Waals surface area contributed by atoms with Gasteiger partial charge in [-0.05, 0) is 31.2 Å². The second-order valence-corrected chi connectivity index (χ2v) is 4.92. The highest BCUT2D eigenvalue weighted by atomic mass is 35.5. The standard InChI is InChI=1S/C15H14ClNO6/c1-2-21-15(20)17-13(18)8-23-14(19)10-5-9-6-11(16)3-4-12(9)22-7-10/h3-6H,2,7-8H2,1H3,(H,17,18,20). The SMILES string of the molecule is CCOC(=O)NC(=O)COC(=O)C1=Cc2cc(Cl)ccc2OC1. The molecule has 0 aliphatic carbocycles. The number of ether oxygens (including phenoxy) is 3. The third-order valence-electron chi connectivity index (χ3n) is 2.80. The quantitative estimate of drug-likeness (QED) is 0.843. The summed E-state index contributed by atoms with van der Waals surface area (Å²) < 4.78 is 14.8. The predicted molar refractivity (Wildman–Crippen MR) is 81.0 cm³/mol. The molecule has 1 N–H and O–H groups in total. The van der Waals surface area contributed by atoms with Crippen molar-refractivity contribution in [3.63, 3.8) is 0 Å². The van der Waals surface area contributed by atoms with E-state index in [4.69, 9.17) is 21.1 Å². The lowest BCUT2D eigenvalue weighted by Gasteiger charge is -2.17. The van der Waals surface area contributed by atoms with E-state index in [2.05, 4.69) is 4.74 Å². The molecule has 1 aromatic rings. The van der Waals surface area contributed by atoms with Crippen LogP contribution in [0.5, 0.6) is 5.75 Å². The second-order valence-electron chi connectivity index (χ2n) is 4.49. The number of nitrogens with one attached hydrogen (secondary N) is 1. The first kappa shape index (κ1) is 16.8. The van der Waals surface area contributed by atoms with E-state index in [1.807, 2.05) is 5.32 Å². The highest BCUT2D eigenvalue weighted by Gasteiger charge is 2.20. The maximum absolute atomic E-state index is 11.9. The molecular weight excluding hydrogens is 326 g/mol. The van der Waals surface area contributed by atoms with Gasteiger partial charge in [-0.3, -0.25) is 10.1 Å². The molecule has 23 heavy (non-hydrogen) atoms. The average molecular weight is 340 g/mol. The molecule has 8 heteroatoms. The van der Waals surface area contributed by atoms with Gasteiger partial charge in [0, 0.05) is 10.6 Å². The van der Waals surface area contributed by atoms with Crippen LogP contribution in [0.1, 0.15) is 12.5 Å². The number of imide groups is 1. The molecule has 1 aromatic carbocycles. The third-order valence-corrected chi connectivity index (χ3v) is 3.03. The van der Waals surface area contributed by atoms with Crippen LogP contribution in [0.2, 0.25) is 5.02 Å². The van der Waals surface area contributed by atoms with E-state index in [0.29, 0.717) is 16.3 Å². The monoisotopic (exact) mass is 339 g/mol. The number of esters is 1. The van der Waals surface area contributed by atoms with E-state index in [0.717, 1.165) is 0 Å². The average Bonchev–Trinajstić information content (AvgIpc) is 2.52. The number of carbonyl (C=O) groups excluding carboxylic acids is 3. The summed E-state index contributed by atoms with van der Waals surface area (Å²) in [6.45, 7) is 1.15. The van der Waals surface area contributed by atoms with Gasteiger partial charge in [0.1, 0.15) is 12.4 Å². The van der Waals surface area contributed by atoms with Gasteiger partial charge in [0.15, 0.2) is 6.61 Å². The molecule has 1 aliphatic rings. The van der Waals surface area contributed by atoms with Crippen molar-refractivity contribution < 1.29 is 28.6 Å². The molecular formula is C15H14ClNO6. The van der Waals surface area contributed by atoms with Crippen LogP contribution in [0.3, 0.4) is 0 Å². The van der Waals surface area contributed by atoms with E-state index in [1.165, 1.54) is 0 Å². The van der Waals surface area contributed by atoms with Gasteiger partial charge >= 0.3 is 12.1 Å². The first-order valence-electron chi connectivity index (χ1n) is 6.76. The topological polar surface area (TPSA) is 90.9 Å². The Hall–Kier alpha value is -2.54. The van der Waals surface area contributed by atoms with Crippen molar-refractivity contribution in [2.24, 2.45) is 0 Å². The summed E-state index contributed by atoms with van der Waals surface area (Å²) in [5, 5.41) is 2.42.